The molecule has 3 heterocycles. The van der Waals surface area contributed by atoms with Gasteiger partial charge in [-0.1, -0.05) is 12.8 Å². The molecule has 1 N–H and O–H groups in total. The smallest absolute Gasteiger partial charge is 0.316 e. The van der Waals surface area contributed by atoms with E-state index in [1.54, 1.807) is 12.3 Å². The molecule has 14 heteroatoms. The molecule has 3 aliphatic rings. The van der Waals surface area contributed by atoms with Gasteiger partial charge in [-0.25, -0.2) is 13.8 Å². The van der Waals surface area contributed by atoms with E-state index in [1.807, 2.05) is 0 Å². The van der Waals surface area contributed by atoms with Gasteiger partial charge in [-0.05, 0) is 69.7 Å². The third-order valence-electron chi connectivity index (χ3n) is 8.63. The number of methoxy groups -OCH3 is 1. The number of aromatic nitrogens is 2. The van der Waals surface area contributed by atoms with E-state index in [4.69, 9.17) is 4.74 Å². The van der Waals surface area contributed by atoms with Crippen molar-refractivity contribution < 1.29 is 45.1 Å². The average molecular weight is 760 g/mol. The molecule has 0 radical (unpaired) electrons. The predicted octanol–water partition coefficient (Wildman–Crippen LogP) is 7.15. The molecule has 0 unspecified atom stereocenters. The van der Waals surface area contributed by atoms with Crippen molar-refractivity contribution >= 4 is 76.9 Å². The van der Waals surface area contributed by atoms with E-state index in [2.05, 4.69) is 47.1 Å². The summed E-state index contributed by atoms with van der Waals surface area (Å²) < 4.78 is 32.8. The largest absolute Gasteiger partial charge is 0.468 e. The minimum atomic E-state index is -1.07. The molecule has 1 amide bonds. The maximum Gasteiger partial charge on any atom is 0.316 e. The molecule has 1 spiro atoms. The third kappa shape index (κ3) is 4.82. The number of amides is 1. The molecular formula is C29H22Br2F2FeN4O5. The average Bonchev–Trinajstić information content (AvgIpc) is 3.22. The first kappa shape index (κ1) is 31.4. The number of carbonyl (C=O) groups excluding carboxylic acids is 2. The number of nitrogens with zero attached hydrogens (tertiary/aromatic N) is 3. The van der Waals surface area contributed by atoms with Crippen LogP contribution >= 0.6 is 31.9 Å². The van der Waals surface area contributed by atoms with Crippen LogP contribution in [0.2, 0.25) is 0 Å². The second kappa shape index (κ2) is 11.5. The van der Waals surface area contributed by atoms with Crippen LogP contribution in [-0.4, -0.2) is 33.9 Å². The topological polar surface area (TPSA) is 124 Å². The summed E-state index contributed by atoms with van der Waals surface area (Å²) in [5.41, 5.74) is 1.16. The second-order valence-corrected chi connectivity index (χ2v) is 12.4. The molecule has 2 aromatic carbocycles. The summed E-state index contributed by atoms with van der Waals surface area (Å²) in [6.45, 7) is 0. The van der Waals surface area contributed by atoms with Crippen molar-refractivity contribution in [2.45, 2.75) is 49.4 Å². The number of carbonyl (C=O) groups is 2. The summed E-state index contributed by atoms with van der Waals surface area (Å²) in [4.78, 5) is 43.6. The molecule has 43 heavy (non-hydrogen) atoms. The van der Waals surface area contributed by atoms with Gasteiger partial charge in [0, 0.05) is 45.5 Å². The Kier molecular flexibility index (Phi) is 8.36. The first-order valence-electron chi connectivity index (χ1n) is 13.1. The van der Waals surface area contributed by atoms with E-state index in [0.29, 0.717) is 28.2 Å². The number of hydrogen-bond donors (Lipinski definition) is 1. The fourth-order valence-corrected chi connectivity index (χ4v) is 6.95. The Hall–Kier alpha value is -3.06. The normalized spacial score (nSPS) is 17.1. The number of halogens is 4. The van der Waals surface area contributed by atoms with Crippen molar-refractivity contribution in [1.29, 1.82) is 0 Å². The fraction of sp³-hybridized carbons (Fsp3) is 0.310. The van der Waals surface area contributed by atoms with Crippen LogP contribution < -0.4 is 5.32 Å². The number of esters is 1. The molecule has 0 bridgehead atoms. The van der Waals surface area contributed by atoms with Crippen molar-refractivity contribution in [2.75, 3.05) is 12.4 Å². The van der Waals surface area contributed by atoms with Gasteiger partial charge >= 0.3 is 5.97 Å². The molecule has 2 aromatic heterocycles. The van der Waals surface area contributed by atoms with Gasteiger partial charge in [-0.15, -0.1) is 0 Å². The molecule has 4 aromatic rings. The van der Waals surface area contributed by atoms with Gasteiger partial charge in [-0.3, -0.25) is 24.7 Å². The van der Waals surface area contributed by atoms with Crippen molar-refractivity contribution in [3.05, 3.63) is 78.5 Å². The second-order valence-electron chi connectivity index (χ2n) is 10.7. The first-order chi connectivity index (χ1) is 20.0. The Bertz CT molecular complexity index is 1850. The number of ether oxygens (including phenoxy) is 1. The van der Waals surface area contributed by atoms with Gasteiger partial charge in [0.15, 0.2) is 0 Å². The standard InChI is InChI=1S/C15H12BrFN2O4.C14H10BrFN2O.Fe/c1-23-14(20)15(3-2-4-15)13-8-5-9(16)10(17)6-11(8)18-7-12(13)19(21)22;15-8-4-7-10(5-9(8)16)17-6-11-12(7)14(2-1-3-14)13(19)18-11;/h5-7H,2-4H2,1H3;4-6H,1-3H2,(H,18,19);. The third-order valence-corrected chi connectivity index (χ3v) is 9.84. The van der Waals surface area contributed by atoms with Crippen LogP contribution in [0.25, 0.3) is 21.8 Å². The van der Waals surface area contributed by atoms with Gasteiger partial charge in [-0.2, -0.15) is 0 Å². The van der Waals surface area contributed by atoms with E-state index in [-0.39, 0.29) is 50.0 Å². The molecule has 2 fully saturated rings. The SMILES string of the molecule is COC(=O)C1(c2c([N+](=O)[O-])cnc3cc(F)c(Br)cc23)CCC1.O=C1Nc2cnc3cc(F)c(Br)cc3c2C12CCC2.[Fe]. The van der Waals surface area contributed by atoms with Crippen LogP contribution in [0.4, 0.5) is 20.2 Å². The van der Waals surface area contributed by atoms with E-state index in [1.165, 1.54) is 25.3 Å². The van der Waals surface area contributed by atoms with E-state index < -0.39 is 27.5 Å². The van der Waals surface area contributed by atoms with Gasteiger partial charge in [0.2, 0.25) is 5.91 Å². The Morgan fingerprint density at radius 2 is 1.49 bits per heavy atom. The molecule has 1 aliphatic heterocycles. The number of nitro groups is 1. The molecule has 7 rings (SSSR count). The zero-order chi connectivity index (χ0) is 30.0. The molecule has 224 valence electrons. The van der Waals surface area contributed by atoms with Crippen LogP contribution in [-0.2, 0) is 42.2 Å². The Morgan fingerprint density at radius 3 is 1.95 bits per heavy atom. The van der Waals surface area contributed by atoms with Gasteiger partial charge < -0.3 is 10.1 Å². The summed E-state index contributed by atoms with van der Waals surface area (Å²) in [5.74, 6) is -1.31. The summed E-state index contributed by atoms with van der Waals surface area (Å²) in [7, 11) is 1.26. The number of hydrogen-bond acceptors (Lipinski definition) is 7. The number of fused-ring (bicyclic) bond motifs is 5. The van der Waals surface area contributed by atoms with E-state index in [9.17, 15) is 28.5 Å². The van der Waals surface area contributed by atoms with Crippen LogP contribution in [0.5, 0.6) is 0 Å². The van der Waals surface area contributed by atoms with E-state index in [0.717, 1.165) is 48.5 Å². The monoisotopic (exact) mass is 758 g/mol. The zero-order valence-electron chi connectivity index (χ0n) is 22.5. The van der Waals surface area contributed by atoms with Crippen molar-refractivity contribution in [2.24, 2.45) is 0 Å². The maximum atomic E-state index is 13.7. The van der Waals surface area contributed by atoms with Crippen molar-refractivity contribution in [1.82, 2.24) is 9.97 Å². The van der Waals surface area contributed by atoms with Gasteiger partial charge in [0.1, 0.15) is 23.2 Å². The van der Waals surface area contributed by atoms with Gasteiger partial charge in [0.05, 0.1) is 54.9 Å². The molecule has 2 aliphatic carbocycles. The Labute approximate surface area is 271 Å². The molecule has 0 saturated heterocycles. The Balaban J connectivity index is 0.000000170. The quantitative estimate of drug-likeness (QED) is 0.102. The summed E-state index contributed by atoms with van der Waals surface area (Å²) in [5, 5.41) is 15.6. The van der Waals surface area contributed by atoms with Crippen molar-refractivity contribution in [3.8, 4) is 0 Å². The summed E-state index contributed by atoms with van der Waals surface area (Å²) in [6.07, 6.45) is 7.16. The molecule has 2 saturated carbocycles. The molecule has 0 atom stereocenters. The number of pyridine rings is 2. The number of rotatable bonds is 3. The van der Waals surface area contributed by atoms with Crippen LogP contribution in [0.15, 0.2) is 45.6 Å². The fourth-order valence-electron chi connectivity index (χ4n) is 6.26. The van der Waals surface area contributed by atoms with E-state index >= 15 is 0 Å². The van der Waals surface area contributed by atoms with Gasteiger partial charge in [0.25, 0.3) is 5.69 Å². The van der Waals surface area contributed by atoms with Crippen LogP contribution in [0, 0.1) is 21.7 Å². The van der Waals surface area contributed by atoms with Crippen LogP contribution in [0.1, 0.15) is 49.7 Å². The summed E-state index contributed by atoms with van der Waals surface area (Å²) >= 11 is 6.29. The van der Waals surface area contributed by atoms with Crippen LogP contribution in [0.3, 0.4) is 0 Å². The number of benzene rings is 2. The van der Waals surface area contributed by atoms with Crippen molar-refractivity contribution in [3.63, 3.8) is 0 Å². The molecular weight excluding hydrogens is 738 g/mol. The minimum Gasteiger partial charge on any atom is -0.468 e. The summed E-state index contributed by atoms with van der Waals surface area (Å²) in [6, 6.07) is 5.77. The minimum absolute atomic E-state index is 0. The number of anilines is 1. The zero-order valence-corrected chi connectivity index (χ0v) is 26.7. The predicted molar refractivity (Wildman–Crippen MR) is 157 cm³/mol. The maximum absolute atomic E-state index is 13.7. The first-order valence-corrected chi connectivity index (χ1v) is 14.7. The number of nitrogens with one attached hydrogen (secondary N) is 1. The Morgan fingerprint density at radius 1 is 0.953 bits per heavy atom. The molecule has 9 nitrogen and oxygen atoms in total.